The van der Waals surface area contributed by atoms with Crippen LogP contribution in [-0.2, 0) is 11.2 Å². The van der Waals surface area contributed by atoms with E-state index in [0.717, 1.165) is 6.42 Å². The largest absolute Gasteiger partial charge is 0.339 e. The molecule has 4 nitrogen and oxygen atoms in total. The highest BCUT2D eigenvalue weighted by atomic mass is 19.1. The van der Waals surface area contributed by atoms with Gasteiger partial charge in [0.05, 0.1) is 0 Å². The molecular weight excluding hydrogens is 331 g/mol. The SMILES string of the molecule is Cc1cccc(CCC(=O)N2CCN(C(=O)c3ccc(F)cc3)CC2)c1. The van der Waals surface area contributed by atoms with Gasteiger partial charge in [-0.25, -0.2) is 4.39 Å². The summed E-state index contributed by atoms with van der Waals surface area (Å²) in [6.07, 6.45) is 1.21. The quantitative estimate of drug-likeness (QED) is 0.847. The van der Waals surface area contributed by atoms with E-state index >= 15 is 0 Å². The van der Waals surface area contributed by atoms with Gasteiger partial charge in [0.1, 0.15) is 5.82 Å². The number of rotatable bonds is 4. The maximum absolute atomic E-state index is 13.0. The van der Waals surface area contributed by atoms with E-state index in [9.17, 15) is 14.0 Å². The molecule has 5 heteroatoms. The second-order valence-corrected chi connectivity index (χ2v) is 6.67. The van der Waals surface area contributed by atoms with Crippen LogP contribution >= 0.6 is 0 Å². The number of carbonyl (C=O) groups excluding carboxylic acids is 2. The third-order valence-corrected chi connectivity index (χ3v) is 4.72. The molecule has 1 aliphatic heterocycles. The van der Waals surface area contributed by atoms with Crippen LogP contribution in [0.5, 0.6) is 0 Å². The second-order valence-electron chi connectivity index (χ2n) is 6.67. The van der Waals surface area contributed by atoms with E-state index in [-0.39, 0.29) is 17.6 Å². The van der Waals surface area contributed by atoms with Crippen molar-refractivity contribution < 1.29 is 14.0 Å². The van der Waals surface area contributed by atoms with Gasteiger partial charge < -0.3 is 9.80 Å². The number of amides is 2. The molecule has 0 aromatic heterocycles. The van der Waals surface area contributed by atoms with Crippen LogP contribution in [0.25, 0.3) is 0 Å². The molecule has 0 unspecified atom stereocenters. The molecule has 1 heterocycles. The molecule has 0 saturated carbocycles. The third-order valence-electron chi connectivity index (χ3n) is 4.72. The molecule has 2 amide bonds. The first kappa shape index (κ1) is 18.1. The van der Waals surface area contributed by atoms with Crippen molar-refractivity contribution in [1.29, 1.82) is 0 Å². The van der Waals surface area contributed by atoms with Crippen LogP contribution in [0, 0.1) is 12.7 Å². The molecule has 2 aromatic carbocycles. The minimum absolute atomic E-state index is 0.114. The molecule has 26 heavy (non-hydrogen) atoms. The van der Waals surface area contributed by atoms with Gasteiger partial charge in [0.15, 0.2) is 0 Å². The zero-order valence-corrected chi connectivity index (χ0v) is 15.0. The Labute approximate surface area is 153 Å². The van der Waals surface area contributed by atoms with E-state index < -0.39 is 0 Å². The summed E-state index contributed by atoms with van der Waals surface area (Å²) in [5.74, 6) is -0.345. The minimum Gasteiger partial charge on any atom is -0.339 e. The third kappa shape index (κ3) is 4.48. The molecule has 0 bridgehead atoms. The highest BCUT2D eigenvalue weighted by Crippen LogP contribution is 2.12. The van der Waals surface area contributed by atoms with E-state index in [1.54, 1.807) is 4.90 Å². The van der Waals surface area contributed by atoms with E-state index in [1.165, 1.54) is 35.4 Å². The lowest BCUT2D eigenvalue weighted by atomic mass is 10.1. The lowest BCUT2D eigenvalue weighted by Gasteiger charge is -2.35. The number of hydrogen-bond acceptors (Lipinski definition) is 2. The number of benzene rings is 2. The lowest BCUT2D eigenvalue weighted by molar-refractivity contribution is -0.132. The Bertz CT molecular complexity index is 781. The molecular formula is C21H23FN2O2. The predicted molar refractivity (Wildman–Crippen MR) is 98.4 cm³/mol. The van der Waals surface area contributed by atoms with Gasteiger partial charge in [-0.1, -0.05) is 29.8 Å². The Kier molecular flexibility index (Phi) is 5.66. The van der Waals surface area contributed by atoms with Crippen LogP contribution in [0.15, 0.2) is 48.5 Å². The first-order chi connectivity index (χ1) is 12.5. The van der Waals surface area contributed by atoms with Crippen molar-refractivity contribution in [2.45, 2.75) is 19.8 Å². The number of halogens is 1. The van der Waals surface area contributed by atoms with E-state index in [2.05, 4.69) is 6.07 Å². The first-order valence-electron chi connectivity index (χ1n) is 8.91. The van der Waals surface area contributed by atoms with Crippen molar-refractivity contribution in [1.82, 2.24) is 9.80 Å². The van der Waals surface area contributed by atoms with Crippen molar-refractivity contribution in [3.05, 3.63) is 71.0 Å². The lowest BCUT2D eigenvalue weighted by Crippen LogP contribution is -2.50. The molecule has 0 atom stereocenters. The van der Waals surface area contributed by atoms with Crippen LogP contribution in [-0.4, -0.2) is 47.8 Å². The highest BCUT2D eigenvalue weighted by molar-refractivity contribution is 5.94. The highest BCUT2D eigenvalue weighted by Gasteiger charge is 2.24. The van der Waals surface area contributed by atoms with Gasteiger partial charge in [-0.2, -0.15) is 0 Å². The summed E-state index contributed by atoms with van der Waals surface area (Å²) in [5, 5.41) is 0. The van der Waals surface area contributed by atoms with Crippen LogP contribution in [0.1, 0.15) is 27.9 Å². The average Bonchev–Trinajstić information content (AvgIpc) is 2.66. The summed E-state index contributed by atoms with van der Waals surface area (Å²) >= 11 is 0. The maximum Gasteiger partial charge on any atom is 0.253 e. The minimum atomic E-state index is -0.356. The number of piperazine rings is 1. The predicted octanol–water partition coefficient (Wildman–Crippen LogP) is 3.05. The summed E-state index contributed by atoms with van der Waals surface area (Å²) in [6.45, 7) is 4.14. The van der Waals surface area contributed by atoms with Gasteiger partial charge >= 0.3 is 0 Å². The second kappa shape index (κ2) is 8.13. The molecule has 0 radical (unpaired) electrons. The van der Waals surface area contributed by atoms with E-state index in [0.29, 0.717) is 38.2 Å². The maximum atomic E-state index is 13.0. The molecule has 1 aliphatic rings. The van der Waals surface area contributed by atoms with E-state index in [4.69, 9.17) is 0 Å². The molecule has 0 N–H and O–H groups in total. The molecule has 2 aromatic rings. The van der Waals surface area contributed by atoms with Gasteiger partial charge in [-0.05, 0) is 43.2 Å². The van der Waals surface area contributed by atoms with Crippen molar-refractivity contribution >= 4 is 11.8 Å². The summed E-state index contributed by atoms with van der Waals surface area (Å²) in [5.41, 5.74) is 2.84. The van der Waals surface area contributed by atoms with Crippen LogP contribution in [0.2, 0.25) is 0 Å². The molecule has 1 saturated heterocycles. The fourth-order valence-corrected chi connectivity index (χ4v) is 3.21. The number of carbonyl (C=O) groups is 2. The van der Waals surface area contributed by atoms with Crippen molar-refractivity contribution in [3.63, 3.8) is 0 Å². The van der Waals surface area contributed by atoms with Gasteiger partial charge in [0.25, 0.3) is 5.91 Å². The molecule has 0 aliphatic carbocycles. The monoisotopic (exact) mass is 354 g/mol. The van der Waals surface area contributed by atoms with Crippen LogP contribution in [0.3, 0.4) is 0 Å². The number of hydrogen-bond donors (Lipinski definition) is 0. The summed E-state index contributed by atoms with van der Waals surface area (Å²) in [7, 11) is 0. The normalized spacial score (nSPS) is 14.4. The fourth-order valence-electron chi connectivity index (χ4n) is 3.21. The Morgan fingerprint density at radius 2 is 1.62 bits per heavy atom. The standard InChI is InChI=1S/C21H23FN2O2/c1-16-3-2-4-17(15-16)5-10-20(25)23-11-13-24(14-12-23)21(26)18-6-8-19(22)9-7-18/h2-4,6-9,15H,5,10-14H2,1H3. The summed E-state index contributed by atoms with van der Waals surface area (Å²) in [6, 6.07) is 13.8. The summed E-state index contributed by atoms with van der Waals surface area (Å²) < 4.78 is 13.0. The molecule has 3 rings (SSSR count). The van der Waals surface area contributed by atoms with Crippen LogP contribution in [0.4, 0.5) is 4.39 Å². The average molecular weight is 354 g/mol. The zero-order chi connectivity index (χ0) is 18.5. The van der Waals surface area contributed by atoms with Gasteiger partial charge in [0.2, 0.25) is 5.91 Å². The first-order valence-corrected chi connectivity index (χ1v) is 8.91. The Balaban J connectivity index is 1.49. The zero-order valence-electron chi connectivity index (χ0n) is 15.0. The van der Waals surface area contributed by atoms with Gasteiger partial charge in [-0.3, -0.25) is 9.59 Å². The molecule has 1 fully saturated rings. The molecule has 136 valence electrons. The van der Waals surface area contributed by atoms with Crippen molar-refractivity contribution in [3.8, 4) is 0 Å². The van der Waals surface area contributed by atoms with Crippen LogP contribution < -0.4 is 0 Å². The van der Waals surface area contributed by atoms with Crippen molar-refractivity contribution in [2.75, 3.05) is 26.2 Å². The topological polar surface area (TPSA) is 40.6 Å². The van der Waals surface area contributed by atoms with Crippen molar-refractivity contribution in [2.24, 2.45) is 0 Å². The summed E-state index contributed by atoms with van der Waals surface area (Å²) in [4.78, 5) is 28.4. The number of aryl methyl sites for hydroxylation is 2. The Morgan fingerprint density at radius 3 is 2.27 bits per heavy atom. The van der Waals surface area contributed by atoms with Gasteiger partial charge in [0, 0.05) is 38.2 Å². The number of nitrogens with zero attached hydrogens (tertiary/aromatic N) is 2. The van der Waals surface area contributed by atoms with E-state index in [1.807, 2.05) is 30.0 Å². The van der Waals surface area contributed by atoms with Gasteiger partial charge in [-0.15, -0.1) is 0 Å². The Hall–Kier alpha value is -2.69. The smallest absolute Gasteiger partial charge is 0.253 e. The Morgan fingerprint density at radius 1 is 0.962 bits per heavy atom. The fraction of sp³-hybridized carbons (Fsp3) is 0.333. The molecule has 0 spiro atoms.